The molecule has 1 aromatic heterocycles. The lowest BCUT2D eigenvalue weighted by atomic mass is 10.0. The molecule has 1 aromatic carbocycles. The third-order valence-corrected chi connectivity index (χ3v) is 4.63. The van der Waals surface area contributed by atoms with E-state index in [0.717, 1.165) is 0 Å². The fourth-order valence-electron chi connectivity index (χ4n) is 3.18. The minimum atomic E-state index is -5.03. The fraction of sp³-hybridized carbons (Fsp3) is 0.421. The van der Waals surface area contributed by atoms with Gasteiger partial charge in [0.1, 0.15) is 5.76 Å². The molecule has 0 bridgehead atoms. The minimum absolute atomic E-state index is 0.00208. The number of rotatable bonds is 4. The summed E-state index contributed by atoms with van der Waals surface area (Å²) in [6, 6.07) is 3.66. The summed E-state index contributed by atoms with van der Waals surface area (Å²) in [5.74, 6) is -0.558. The highest BCUT2D eigenvalue weighted by atomic mass is 19.4. The van der Waals surface area contributed by atoms with E-state index in [1.807, 2.05) is 0 Å². The first kappa shape index (κ1) is 21.2. The first-order chi connectivity index (χ1) is 13.6. The lowest BCUT2D eigenvalue weighted by Crippen LogP contribution is -2.43. The third kappa shape index (κ3) is 5.11. The molecule has 1 saturated heterocycles. The predicted molar refractivity (Wildman–Crippen MR) is 88.9 cm³/mol. The quantitative estimate of drug-likeness (QED) is 0.643. The molecule has 1 aliphatic rings. The van der Waals surface area contributed by atoms with Crippen LogP contribution in [0.5, 0.6) is 0 Å². The van der Waals surface area contributed by atoms with Crippen molar-refractivity contribution in [2.24, 2.45) is 0 Å². The van der Waals surface area contributed by atoms with Crippen LogP contribution in [0.2, 0.25) is 0 Å². The van der Waals surface area contributed by atoms with Gasteiger partial charge in [-0.05, 0) is 43.2 Å². The number of ether oxygens (including phenoxy) is 1. The molecule has 0 unspecified atom stereocenters. The summed E-state index contributed by atoms with van der Waals surface area (Å²) in [6.45, 7) is 0.597. The number of benzene rings is 1. The lowest BCUT2D eigenvalue weighted by molar-refractivity contribution is -0.143. The van der Waals surface area contributed by atoms with Gasteiger partial charge in [-0.2, -0.15) is 26.3 Å². The van der Waals surface area contributed by atoms with Gasteiger partial charge in [0, 0.05) is 24.8 Å². The number of nitrogens with zero attached hydrogens (tertiary/aromatic N) is 1. The molecule has 0 atom stereocenters. The van der Waals surface area contributed by atoms with Crippen LogP contribution in [0, 0.1) is 0 Å². The molecule has 1 aliphatic heterocycles. The molecule has 10 heteroatoms. The Balaban J connectivity index is 2.01. The van der Waals surface area contributed by atoms with Gasteiger partial charge in [-0.1, -0.05) is 0 Å². The molecular weight excluding hydrogens is 404 g/mol. The van der Waals surface area contributed by atoms with Crippen LogP contribution in [0.4, 0.5) is 26.3 Å². The van der Waals surface area contributed by atoms with Gasteiger partial charge in [0.15, 0.2) is 0 Å². The smallest absolute Gasteiger partial charge is 0.416 e. The average molecular weight is 421 g/mol. The normalized spacial score (nSPS) is 16.1. The van der Waals surface area contributed by atoms with E-state index in [-0.39, 0.29) is 12.6 Å². The zero-order valence-electron chi connectivity index (χ0n) is 15.0. The molecule has 4 nitrogen and oxygen atoms in total. The van der Waals surface area contributed by atoms with Crippen molar-refractivity contribution in [3.8, 4) is 0 Å². The third-order valence-electron chi connectivity index (χ3n) is 4.63. The minimum Gasteiger partial charge on any atom is -0.467 e. The van der Waals surface area contributed by atoms with Crippen molar-refractivity contribution >= 4 is 5.91 Å². The topological polar surface area (TPSA) is 42.7 Å². The van der Waals surface area contributed by atoms with E-state index in [1.165, 1.54) is 11.2 Å². The summed E-state index contributed by atoms with van der Waals surface area (Å²) < 4.78 is 89.3. The van der Waals surface area contributed by atoms with Crippen LogP contribution in [0.15, 0.2) is 41.0 Å². The van der Waals surface area contributed by atoms with Crippen molar-refractivity contribution in [2.75, 3.05) is 13.2 Å². The van der Waals surface area contributed by atoms with Gasteiger partial charge >= 0.3 is 12.4 Å². The number of amides is 1. The highest BCUT2D eigenvalue weighted by molar-refractivity contribution is 5.95. The number of hydrogen-bond donors (Lipinski definition) is 0. The predicted octanol–water partition coefficient (Wildman–Crippen LogP) is 5.14. The first-order valence-electron chi connectivity index (χ1n) is 8.76. The Morgan fingerprint density at radius 3 is 2.07 bits per heavy atom. The van der Waals surface area contributed by atoms with Crippen LogP contribution in [-0.4, -0.2) is 30.1 Å². The van der Waals surface area contributed by atoms with Crippen molar-refractivity contribution in [1.29, 1.82) is 0 Å². The average Bonchev–Trinajstić information content (AvgIpc) is 3.18. The molecule has 3 rings (SSSR count). The Morgan fingerprint density at radius 2 is 1.59 bits per heavy atom. The summed E-state index contributed by atoms with van der Waals surface area (Å²) in [5, 5.41) is 0. The second kappa shape index (κ2) is 8.10. The van der Waals surface area contributed by atoms with Crippen molar-refractivity contribution in [3.63, 3.8) is 0 Å². The Labute approximate surface area is 162 Å². The molecule has 29 heavy (non-hydrogen) atoms. The molecule has 0 spiro atoms. The summed E-state index contributed by atoms with van der Waals surface area (Å²) in [6.07, 6.45) is -7.86. The summed E-state index contributed by atoms with van der Waals surface area (Å²) in [7, 11) is 0. The fourth-order valence-corrected chi connectivity index (χ4v) is 3.18. The SMILES string of the molecule is O=C(c1cc(C(F)(F)F)cc(C(F)(F)F)c1)N(Cc1ccco1)C1CCOCC1. The van der Waals surface area contributed by atoms with Gasteiger partial charge in [0.2, 0.25) is 0 Å². The molecule has 1 fully saturated rings. The lowest BCUT2D eigenvalue weighted by Gasteiger charge is -2.34. The maximum atomic E-state index is 13.1. The van der Waals surface area contributed by atoms with E-state index < -0.39 is 41.0 Å². The number of halogens is 6. The first-order valence-corrected chi connectivity index (χ1v) is 8.76. The second-order valence-electron chi connectivity index (χ2n) is 6.65. The van der Waals surface area contributed by atoms with Crippen molar-refractivity contribution in [3.05, 3.63) is 59.0 Å². The Hall–Kier alpha value is -2.49. The molecule has 2 heterocycles. The van der Waals surface area contributed by atoms with Crippen LogP contribution in [-0.2, 0) is 23.6 Å². The molecular formula is C19H17F6NO3. The van der Waals surface area contributed by atoms with Crippen LogP contribution in [0.25, 0.3) is 0 Å². The Bertz CT molecular complexity index is 806. The van der Waals surface area contributed by atoms with Gasteiger partial charge in [0.05, 0.1) is 23.9 Å². The van der Waals surface area contributed by atoms with E-state index >= 15 is 0 Å². The maximum Gasteiger partial charge on any atom is 0.416 e. The number of carbonyl (C=O) groups is 1. The number of furan rings is 1. The zero-order valence-corrected chi connectivity index (χ0v) is 15.0. The highest BCUT2D eigenvalue weighted by Crippen LogP contribution is 2.37. The molecule has 0 aliphatic carbocycles. The Morgan fingerprint density at radius 1 is 1.00 bits per heavy atom. The molecule has 158 valence electrons. The van der Waals surface area contributed by atoms with Crippen LogP contribution in [0.3, 0.4) is 0 Å². The van der Waals surface area contributed by atoms with E-state index in [2.05, 4.69) is 0 Å². The molecule has 0 N–H and O–H groups in total. The van der Waals surface area contributed by atoms with E-state index in [1.54, 1.807) is 12.1 Å². The molecule has 2 aromatic rings. The van der Waals surface area contributed by atoms with Gasteiger partial charge in [-0.25, -0.2) is 0 Å². The van der Waals surface area contributed by atoms with Gasteiger partial charge in [-0.3, -0.25) is 4.79 Å². The van der Waals surface area contributed by atoms with E-state index in [0.29, 0.717) is 43.9 Å². The zero-order chi connectivity index (χ0) is 21.2. The van der Waals surface area contributed by atoms with Crippen molar-refractivity contribution in [1.82, 2.24) is 4.90 Å². The van der Waals surface area contributed by atoms with Crippen molar-refractivity contribution in [2.45, 2.75) is 37.8 Å². The molecule has 1 amide bonds. The van der Waals surface area contributed by atoms with E-state index in [9.17, 15) is 31.1 Å². The summed E-state index contributed by atoms with van der Waals surface area (Å²) in [4.78, 5) is 14.3. The number of carbonyl (C=O) groups excluding carboxylic acids is 1. The molecule has 0 radical (unpaired) electrons. The summed E-state index contributed by atoms with van der Waals surface area (Å²) in [5.41, 5.74) is -3.73. The Kier molecular flexibility index (Phi) is 5.92. The number of hydrogen-bond acceptors (Lipinski definition) is 3. The van der Waals surface area contributed by atoms with Crippen LogP contribution < -0.4 is 0 Å². The summed E-state index contributed by atoms with van der Waals surface area (Å²) >= 11 is 0. The van der Waals surface area contributed by atoms with Gasteiger partial charge in [0.25, 0.3) is 5.91 Å². The van der Waals surface area contributed by atoms with Crippen molar-refractivity contribution < 1.29 is 40.3 Å². The maximum absolute atomic E-state index is 13.1. The van der Waals surface area contributed by atoms with Gasteiger partial charge in [-0.15, -0.1) is 0 Å². The number of alkyl halides is 6. The highest BCUT2D eigenvalue weighted by Gasteiger charge is 2.38. The van der Waals surface area contributed by atoms with Crippen LogP contribution in [0.1, 0.15) is 40.1 Å². The van der Waals surface area contributed by atoms with Crippen LogP contribution >= 0.6 is 0 Å². The standard InChI is InChI=1S/C19H17F6NO3/c20-18(21,22)13-8-12(9-14(10-13)19(23,24)25)17(27)26(11-16-2-1-5-29-16)15-3-6-28-7-4-15/h1-2,5,8-10,15H,3-4,6-7,11H2. The van der Waals surface area contributed by atoms with E-state index in [4.69, 9.17) is 9.15 Å². The van der Waals surface area contributed by atoms with Gasteiger partial charge < -0.3 is 14.1 Å². The second-order valence-corrected chi connectivity index (χ2v) is 6.65. The monoisotopic (exact) mass is 421 g/mol. The largest absolute Gasteiger partial charge is 0.467 e. The molecule has 0 saturated carbocycles.